The van der Waals surface area contributed by atoms with Crippen LogP contribution < -0.4 is 4.90 Å². The van der Waals surface area contributed by atoms with Gasteiger partial charge in [-0.05, 0) is 35.0 Å². The molecule has 1 amide bonds. The standard InChI is InChI=1S/C22H23N5OS2/c28-22(16-25-9-11-26(12-10-25)21-7-1-2-8-23-21)27-18(20-6-4-14-30-20)15-17(24-27)19-5-3-13-29-19/h1-8,13-14,18H,9-12,15-16H2. The van der Waals surface area contributed by atoms with E-state index in [2.05, 4.69) is 37.7 Å². The molecule has 3 aromatic heterocycles. The highest BCUT2D eigenvalue weighted by Crippen LogP contribution is 2.36. The largest absolute Gasteiger partial charge is 0.354 e. The van der Waals surface area contributed by atoms with Crippen molar-refractivity contribution in [2.24, 2.45) is 5.10 Å². The number of carbonyl (C=O) groups excluding carboxylic acids is 1. The molecular formula is C22H23N5OS2. The summed E-state index contributed by atoms with van der Waals surface area (Å²) in [5, 5.41) is 10.6. The van der Waals surface area contributed by atoms with Gasteiger partial charge in [0.2, 0.25) is 0 Å². The SMILES string of the molecule is O=C(CN1CCN(c2ccccn2)CC1)N1N=C(c2cccs2)CC1c1cccs1. The van der Waals surface area contributed by atoms with E-state index in [1.807, 2.05) is 36.5 Å². The third kappa shape index (κ3) is 4.03. The Morgan fingerprint density at radius 2 is 1.83 bits per heavy atom. The van der Waals surface area contributed by atoms with Gasteiger partial charge >= 0.3 is 0 Å². The summed E-state index contributed by atoms with van der Waals surface area (Å²) in [4.78, 5) is 24.5. The van der Waals surface area contributed by atoms with E-state index in [1.165, 1.54) is 4.88 Å². The van der Waals surface area contributed by atoms with Crippen molar-refractivity contribution in [2.45, 2.75) is 12.5 Å². The summed E-state index contributed by atoms with van der Waals surface area (Å²) in [7, 11) is 0. The Bertz CT molecular complexity index is 996. The maximum atomic E-state index is 13.2. The van der Waals surface area contributed by atoms with E-state index >= 15 is 0 Å². The summed E-state index contributed by atoms with van der Waals surface area (Å²) in [5.41, 5.74) is 1.01. The van der Waals surface area contributed by atoms with Crippen molar-refractivity contribution in [3.63, 3.8) is 0 Å². The summed E-state index contributed by atoms with van der Waals surface area (Å²) < 4.78 is 0. The summed E-state index contributed by atoms with van der Waals surface area (Å²) in [6.45, 7) is 3.85. The maximum absolute atomic E-state index is 13.2. The van der Waals surface area contributed by atoms with Crippen LogP contribution in [0.15, 0.2) is 64.5 Å². The minimum absolute atomic E-state index is 0.00408. The topological polar surface area (TPSA) is 52.0 Å². The van der Waals surface area contributed by atoms with E-state index in [-0.39, 0.29) is 11.9 Å². The molecule has 5 heterocycles. The van der Waals surface area contributed by atoms with Crippen LogP contribution in [-0.2, 0) is 4.79 Å². The Morgan fingerprint density at radius 1 is 1.00 bits per heavy atom. The van der Waals surface area contributed by atoms with Gasteiger partial charge in [0, 0.05) is 43.7 Å². The van der Waals surface area contributed by atoms with Gasteiger partial charge in [-0.1, -0.05) is 18.2 Å². The van der Waals surface area contributed by atoms with Crippen LogP contribution in [-0.4, -0.2) is 59.2 Å². The molecule has 30 heavy (non-hydrogen) atoms. The summed E-state index contributed by atoms with van der Waals surface area (Å²) >= 11 is 3.37. The number of hydrazone groups is 1. The zero-order valence-corrected chi connectivity index (χ0v) is 18.2. The molecule has 1 saturated heterocycles. The van der Waals surface area contributed by atoms with E-state index < -0.39 is 0 Å². The van der Waals surface area contributed by atoms with Crippen LogP contribution in [0.1, 0.15) is 22.2 Å². The second-order valence-corrected chi connectivity index (χ2v) is 9.38. The van der Waals surface area contributed by atoms with Crippen LogP contribution in [0, 0.1) is 0 Å². The fraction of sp³-hybridized carbons (Fsp3) is 0.318. The molecule has 1 unspecified atom stereocenters. The summed E-state index contributed by atoms with van der Waals surface area (Å²) in [6, 6.07) is 14.3. The molecule has 6 nitrogen and oxygen atoms in total. The fourth-order valence-corrected chi connectivity index (χ4v) is 5.51. The van der Waals surface area contributed by atoms with Crippen LogP contribution in [0.25, 0.3) is 0 Å². The maximum Gasteiger partial charge on any atom is 0.257 e. The molecule has 0 bridgehead atoms. The van der Waals surface area contributed by atoms with Crippen molar-refractivity contribution in [3.05, 3.63) is 69.2 Å². The second kappa shape index (κ2) is 8.67. The number of hydrogen-bond donors (Lipinski definition) is 0. The van der Waals surface area contributed by atoms with Crippen LogP contribution in [0.5, 0.6) is 0 Å². The lowest BCUT2D eigenvalue weighted by molar-refractivity contribution is -0.134. The van der Waals surface area contributed by atoms with Gasteiger partial charge < -0.3 is 4.90 Å². The Balaban J connectivity index is 1.26. The van der Waals surface area contributed by atoms with E-state index in [0.717, 1.165) is 49.0 Å². The highest BCUT2D eigenvalue weighted by molar-refractivity contribution is 7.12. The molecule has 0 radical (unpaired) electrons. The van der Waals surface area contributed by atoms with Crippen LogP contribution in [0.2, 0.25) is 0 Å². The Labute approximate surface area is 184 Å². The molecule has 5 rings (SSSR count). The van der Waals surface area contributed by atoms with Gasteiger partial charge in [-0.25, -0.2) is 9.99 Å². The van der Waals surface area contributed by atoms with Gasteiger partial charge in [-0.15, -0.1) is 22.7 Å². The van der Waals surface area contributed by atoms with Crippen molar-refractivity contribution in [2.75, 3.05) is 37.6 Å². The minimum Gasteiger partial charge on any atom is -0.354 e. The molecule has 0 aromatic carbocycles. The Hall–Kier alpha value is -2.55. The Morgan fingerprint density at radius 3 is 2.53 bits per heavy atom. The van der Waals surface area contributed by atoms with Crippen molar-refractivity contribution in [1.82, 2.24) is 14.9 Å². The average molecular weight is 438 g/mol. The molecule has 0 N–H and O–H groups in total. The third-order valence-electron chi connectivity index (χ3n) is 5.55. The summed E-state index contributed by atoms with van der Waals surface area (Å²) in [6.07, 6.45) is 2.60. The monoisotopic (exact) mass is 437 g/mol. The highest BCUT2D eigenvalue weighted by Gasteiger charge is 2.35. The molecule has 2 aliphatic rings. The molecular weight excluding hydrogens is 414 g/mol. The number of pyridine rings is 1. The van der Waals surface area contributed by atoms with Crippen molar-refractivity contribution in [1.29, 1.82) is 0 Å². The van der Waals surface area contributed by atoms with Gasteiger partial charge in [0.15, 0.2) is 0 Å². The van der Waals surface area contributed by atoms with Crippen LogP contribution in [0.3, 0.4) is 0 Å². The van der Waals surface area contributed by atoms with Crippen LogP contribution >= 0.6 is 22.7 Å². The number of amides is 1. The van der Waals surface area contributed by atoms with E-state index in [9.17, 15) is 4.79 Å². The smallest absolute Gasteiger partial charge is 0.257 e. The van der Waals surface area contributed by atoms with Crippen molar-refractivity contribution >= 4 is 40.1 Å². The zero-order valence-electron chi connectivity index (χ0n) is 16.6. The Kier molecular flexibility index (Phi) is 5.61. The molecule has 0 saturated carbocycles. The fourth-order valence-electron chi connectivity index (χ4n) is 3.97. The predicted octanol–water partition coefficient (Wildman–Crippen LogP) is 3.70. The highest BCUT2D eigenvalue weighted by atomic mass is 32.1. The number of piperazine rings is 1. The van der Waals surface area contributed by atoms with E-state index in [0.29, 0.717) is 6.54 Å². The number of nitrogens with zero attached hydrogens (tertiary/aromatic N) is 5. The van der Waals surface area contributed by atoms with Gasteiger partial charge in [0.05, 0.1) is 23.2 Å². The quantitative estimate of drug-likeness (QED) is 0.611. The first-order valence-corrected chi connectivity index (χ1v) is 11.9. The first-order valence-electron chi connectivity index (χ1n) is 10.1. The minimum atomic E-state index is 0.00408. The molecule has 2 aliphatic heterocycles. The summed E-state index contributed by atoms with van der Waals surface area (Å²) in [5.74, 6) is 1.08. The molecule has 0 spiro atoms. The lowest BCUT2D eigenvalue weighted by Crippen LogP contribution is -2.49. The van der Waals surface area contributed by atoms with E-state index in [4.69, 9.17) is 5.10 Å². The molecule has 3 aromatic rings. The molecule has 0 aliphatic carbocycles. The first-order chi connectivity index (χ1) is 14.8. The predicted molar refractivity (Wildman–Crippen MR) is 122 cm³/mol. The number of thiophene rings is 2. The second-order valence-electron chi connectivity index (χ2n) is 7.45. The van der Waals surface area contributed by atoms with Crippen LogP contribution in [0.4, 0.5) is 5.82 Å². The van der Waals surface area contributed by atoms with Gasteiger partial charge in [0.25, 0.3) is 5.91 Å². The lowest BCUT2D eigenvalue weighted by atomic mass is 10.1. The van der Waals surface area contributed by atoms with Crippen molar-refractivity contribution in [3.8, 4) is 0 Å². The number of hydrogen-bond acceptors (Lipinski definition) is 7. The number of rotatable bonds is 5. The number of anilines is 1. The normalized spacial score (nSPS) is 19.9. The average Bonchev–Trinajstić information content (AvgIpc) is 3.56. The molecule has 1 atom stereocenters. The van der Waals surface area contributed by atoms with Gasteiger partial charge in [-0.3, -0.25) is 9.69 Å². The third-order valence-corrected chi connectivity index (χ3v) is 7.44. The molecule has 154 valence electrons. The molecule has 8 heteroatoms. The van der Waals surface area contributed by atoms with Gasteiger partial charge in [-0.2, -0.15) is 5.10 Å². The number of carbonyl (C=O) groups is 1. The van der Waals surface area contributed by atoms with Crippen molar-refractivity contribution < 1.29 is 4.79 Å². The zero-order chi connectivity index (χ0) is 20.3. The lowest BCUT2D eigenvalue weighted by Gasteiger charge is -2.35. The van der Waals surface area contributed by atoms with E-state index in [1.54, 1.807) is 27.7 Å². The number of aromatic nitrogens is 1. The molecule has 1 fully saturated rings. The van der Waals surface area contributed by atoms with Gasteiger partial charge in [0.1, 0.15) is 5.82 Å². The first kappa shape index (κ1) is 19.4.